The lowest BCUT2D eigenvalue weighted by Crippen LogP contribution is -2.39. The van der Waals surface area contributed by atoms with Crippen molar-refractivity contribution in [3.63, 3.8) is 0 Å². The van der Waals surface area contributed by atoms with Crippen LogP contribution in [0.25, 0.3) is 0 Å². The Morgan fingerprint density at radius 2 is 1.85 bits per heavy atom. The first kappa shape index (κ1) is 22.4. The summed E-state index contributed by atoms with van der Waals surface area (Å²) in [7, 11) is 1.84. The zero-order valence-corrected chi connectivity index (χ0v) is 19.2. The first-order chi connectivity index (χ1) is 12.9. The molecule has 0 amide bonds. The second-order valence-corrected chi connectivity index (χ2v) is 7.82. The van der Waals surface area contributed by atoms with E-state index in [1.54, 1.807) is 0 Å². The van der Waals surface area contributed by atoms with Gasteiger partial charge < -0.3 is 15.2 Å². The fraction of sp³-hybridized carbons (Fsp3) is 0.850. The number of nitrogens with zero attached hydrogens (tertiary/aromatic N) is 4. The summed E-state index contributed by atoms with van der Waals surface area (Å²) in [5, 5.41) is 15.6. The van der Waals surface area contributed by atoms with E-state index in [9.17, 15) is 0 Å². The Hall–Kier alpha value is -0.860. The number of unbranched alkanes of at least 4 members (excludes halogenated alkanes) is 1. The van der Waals surface area contributed by atoms with Crippen LogP contribution in [0, 0.1) is 5.92 Å². The molecule has 27 heavy (non-hydrogen) atoms. The largest absolute Gasteiger partial charge is 0.356 e. The van der Waals surface area contributed by atoms with Crippen LogP contribution in [0.3, 0.4) is 0 Å². The number of hydrogen-bond acceptors (Lipinski definition) is 3. The van der Waals surface area contributed by atoms with Crippen LogP contribution in [-0.2, 0) is 19.4 Å². The van der Waals surface area contributed by atoms with E-state index in [0.29, 0.717) is 0 Å². The third kappa shape index (κ3) is 7.23. The third-order valence-corrected chi connectivity index (χ3v) is 5.86. The number of aliphatic imine (C=N–C) groups is 1. The minimum Gasteiger partial charge on any atom is -0.356 e. The number of hydrogen-bond donors (Lipinski definition) is 2. The van der Waals surface area contributed by atoms with Crippen LogP contribution in [-0.4, -0.2) is 40.9 Å². The van der Waals surface area contributed by atoms with E-state index in [1.165, 1.54) is 70.0 Å². The van der Waals surface area contributed by atoms with Crippen LogP contribution < -0.4 is 10.6 Å². The van der Waals surface area contributed by atoms with Crippen molar-refractivity contribution in [1.82, 2.24) is 25.4 Å². The van der Waals surface area contributed by atoms with E-state index in [1.807, 2.05) is 7.05 Å². The second kappa shape index (κ2) is 12.6. The topological polar surface area (TPSA) is 67.1 Å². The average molecular weight is 488 g/mol. The molecule has 3 rings (SSSR count). The summed E-state index contributed by atoms with van der Waals surface area (Å²) < 4.78 is 2.33. The molecule has 0 radical (unpaired) electrons. The lowest BCUT2D eigenvalue weighted by Gasteiger charge is -2.13. The number of aryl methyl sites for hydroxylation is 1. The molecule has 154 valence electrons. The van der Waals surface area contributed by atoms with Gasteiger partial charge in [0.1, 0.15) is 11.6 Å². The van der Waals surface area contributed by atoms with E-state index in [0.717, 1.165) is 50.2 Å². The Balaban J connectivity index is 0.00000261. The molecule has 6 nitrogen and oxygen atoms in total. The van der Waals surface area contributed by atoms with Crippen LogP contribution in [0.15, 0.2) is 4.99 Å². The zero-order valence-electron chi connectivity index (χ0n) is 16.9. The SMILES string of the molecule is CN=C(NCCCCC1CCCC1)NCCc1nnc2n1CCCCC2.I. The molecule has 0 saturated heterocycles. The minimum atomic E-state index is 0. The number of halogens is 1. The fourth-order valence-corrected chi connectivity index (χ4v) is 4.31. The highest BCUT2D eigenvalue weighted by molar-refractivity contribution is 14.0. The molecule has 0 unspecified atom stereocenters. The molecule has 0 aromatic carbocycles. The van der Waals surface area contributed by atoms with Crippen molar-refractivity contribution in [1.29, 1.82) is 0 Å². The smallest absolute Gasteiger partial charge is 0.190 e. The summed E-state index contributed by atoms with van der Waals surface area (Å²) in [6.07, 6.45) is 15.6. The van der Waals surface area contributed by atoms with E-state index < -0.39 is 0 Å². The molecule has 1 aliphatic carbocycles. The molecule has 1 aromatic heterocycles. The number of rotatable bonds is 8. The van der Waals surface area contributed by atoms with Crippen LogP contribution in [0.2, 0.25) is 0 Å². The minimum absolute atomic E-state index is 0. The molecular formula is C20H37IN6. The Morgan fingerprint density at radius 1 is 1.04 bits per heavy atom. The van der Waals surface area contributed by atoms with Crippen LogP contribution >= 0.6 is 24.0 Å². The summed E-state index contributed by atoms with van der Waals surface area (Å²) in [6.45, 7) is 2.93. The molecule has 2 N–H and O–H groups in total. The van der Waals surface area contributed by atoms with Crippen LogP contribution in [0.4, 0.5) is 0 Å². The zero-order chi connectivity index (χ0) is 18.0. The molecule has 1 fully saturated rings. The van der Waals surface area contributed by atoms with Crippen molar-refractivity contribution < 1.29 is 0 Å². The van der Waals surface area contributed by atoms with Gasteiger partial charge in [0.05, 0.1) is 0 Å². The average Bonchev–Trinajstić information content (AvgIpc) is 3.24. The Labute approximate surface area is 181 Å². The molecule has 1 saturated carbocycles. The first-order valence-corrected chi connectivity index (χ1v) is 10.7. The van der Waals surface area contributed by atoms with Crippen molar-refractivity contribution in [2.75, 3.05) is 20.1 Å². The van der Waals surface area contributed by atoms with Crippen molar-refractivity contribution in [2.24, 2.45) is 10.9 Å². The predicted octanol–water partition coefficient (Wildman–Crippen LogP) is 3.69. The van der Waals surface area contributed by atoms with Crippen LogP contribution in [0.5, 0.6) is 0 Å². The molecule has 0 spiro atoms. The summed E-state index contributed by atoms with van der Waals surface area (Å²) in [4.78, 5) is 4.34. The van der Waals surface area contributed by atoms with Gasteiger partial charge in [-0.25, -0.2) is 0 Å². The molecule has 0 atom stereocenters. The maximum absolute atomic E-state index is 4.40. The molecule has 2 aliphatic rings. The van der Waals surface area contributed by atoms with E-state index in [-0.39, 0.29) is 24.0 Å². The van der Waals surface area contributed by atoms with Gasteiger partial charge in [0, 0.05) is 39.5 Å². The summed E-state index contributed by atoms with van der Waals surface area (Å²) in [5.41, 5.74) is 0. The number of aromatic nitrogens is 3. The third-order valence-electron chi connectivity index (χ3n) is 5.86. The van der Waals surface area contributed by atoms with Gasteiger partial charge in [0.25, 0.3) is 0 Å². The predicted molar refractivity (Wildman–Crippen MR) is 122 cm³/mol. The van der Waals surface area contributed by atoms with Crippen molar-refractivity contribution in [3.05, 3.63) is 11.6 Å². The normalized spacial score (nSPS) is 17.9. The molecular weight excluding hydrogens is 451 g/mol. The lowest BCUT2D eigenvalue weighted by molar-refractivity contribution is 0.472. The quantitative estimate of drug-likeness (QED) is 0.254. The lowest BCUT2D eigenvalue weighted by atomic mass is 10.0. The molecule has 7 heteroatoms. The highest BCUT2D eigenvalue weighted by Crippen LogP contribution is 2.28. The highest BCUT2D eigenvalue weighted by Gasteiger charge is 2.15. The number of nitrogens with one attached hydrogen (secondary N) is 2. The monoisotopic (exact) mass is 488 g/mol. The van der Waals surface area contributed by atoms with Gasteiger partial charge in [-0.3, -0.25) is 4.99 Å². The molecule has 2 heterocycles. The van der Waals surface area contributed by atoms with Gasteiger partial charge in [0.2, 0.25) is 0 Å². The molecule has 0 bridgehead atoms. The van der Waals surface area contributed by atoms with E-state index in [2.05, 4.69) is 30.4 Å². The van der Waals surface area contributed by atoms with E-state index in [4.69, 9.17) is 0 Å². The second-order valence-electron chi connectivity index (χ2n) is 7.82. The number of guanidine groups is 1. The van der Waals surface area contributed by atoms with Crippen molar-refractivity contribution in [2.45, 2.75) is 83.6 Å². The van der Waals surface area contributed by atoms with Crippen molar-refractivity contribution in [3.8, 4) is 0 Å². The van der Waals surface area contributed by atoms with Crippen LogP contribution in [0.1, 0.15) is 75.9 Å². The van der Waals surface area contributed by atoms with Crippen molar-refractivity contribution >= 4 is 29.9 Å². The maximum atomic E-state index is 4.40. The van der Waals surface area contributed by atoms with E-state index >= 15 is 0 Å². The highest BCUT2D eigenvalue weighted by atomic mass is 127. The first-order valence-electron chi connectivity index (χ1n) is 10.7. The van der Waals surface area contributed by atoms with Gasteiger partial charge >= 0.3 is 0 Å². The Morgan fingerprint density at radius 3 is 2.67 bits per heavy atom. The van der Waals surface area contributed by atoms with Gasteiger partial charge in [-0.15, -0.1) is 34.2 Å². The summed E-state index contributed by atoms with van der Waals surface area (Å²) >= 11 is 0. The van der Waals surface area contributed by atoms with Gasteiger partial charge in [-0.05, 0) is 25.2 Å². The molecule has 1 aromatic rings. The summed E-state index contributed by atoms with van der Waals surface area (Å²) in [5.74, 6) is 4.19. The fourth-order valence-electron chi connectivity index (χ4n) is 4.31. The number of fused-ring (bicyclic) bond motifs is 1. The van der Waals surface area contributed by atoms with Gasteiger partial charge in [-0.2, -0.15) is 0 Å². The maximum Gasteiger partial charge on any atom is 0.190 e. The van der Waals surface area contributed by atoms with Gasteiger partial charge in [0.15, 0.2) is 5.96 Å². The standard InChI is InChI=1S/C20H36N6.HI/c1-21-20(22-14-7-6-11-17-9-4-5-10-17)23-15-13-19-25-24-18-12-3-2-8-16-26(18)19;/h17H,2-16H2,1H3,(H2,21,22,23);1H. The Kier molecular flexibility index (Phi) is 10.4. The van der Waals surface area contributed by atoms with Gasteiger partial charge in [-0.1, -0.05) is 44.9 Å². The Bertz CT molecular complexity index is 565. The molecule has 1 aliphatic heterocycles. The summed E-state index contributed by atoms with van der Waals surface area (Å²) in [6, 6.07) is 0.